The molecule has 3 rings (SSSR count). The smallest absolute Gasteiger partial charge is 0.0463 e. The molecule has 1 N–H and O–H groups in total. The van der Waals surface area contributed by atoms with Gasteiger partial charge in [-0.3, -0.25) is 0 Å². The number of anilines is 2. The lowest BCUT2D eigenvalue weighted by molar-refractivity contribution is 1.18. The van der Waals surface area contributed by atoms with E-state index >= 15 is 0 Å². The van der Waals surface area contributed by atoms with Crippen LogP contribution in [0.3, 0.4) is 0 Å². The van der Waals surface area contributed by atoms with E-state index in [9.17, 15) is 0 Å². The van der Waals surface area contributed by atoms with E-state index in [1.165, 1.54) is 22.3 Å². The molecule has 0 fully saturated rings. The van der Waals surface area contributed by atoms with Gasteiger partial charge in [-0.25, -0.2) is 0 Å². The third-order valence-corrected chi connectivity index (χ3v) is 4.41. The van der Waals surface area contributed by atoms with Gasteiger partial charge < -0.3 is 5.32 Å². The van der Waals surface area contributed by atoms with Gasteiger partial charge in [0.05, 0.1) is 0 Å². The molecule has 3 aromatic rings. The van der Waals surface area contributed by atoms with E-state index in [-0.39, 0.29) is 0 Å². The molecule has 0 radical (unpaired) electrons. The summed E-state index contributed by atoms with van der Waals surface area (Å²) in [6.45, 7) is 2.13. The molecule has 0 atom stereocenters. The Morgan fingerprint density at radius 1 is 0.870 bits per heavy atom. The van der Waals surface area contributed by atoms with Crippen molar-refractivity contribution in [1.82, 2.24) is 0 Å². The zero-order valence-electron chi connectivity index (χ0n) is 13.2. The van der Waals surface area contributed by atoms with Crippen molar-refractivity contribution in [2.24, 2.45) is 0 Å². The van der Waals surface area contributed by atoms with Crippen LogP contribution < -0.4 is 5.32 Å². The van der Waals surface area contributed by atoms with Gasteiger partial charge in [0.2, 0.25) is 0 Å². The Hall–Kier alpha value is -1.81. The number of halogens is 1. The number of benzene rings is 3. The van der Waals surface area contributed by atoms with Crippen molar-refractivity contribution in [3.8, 4) is 11.1 Å². The Morgan fingerprint density at radius 3 is 2.39 bits per heavy atom. The lowest BCUT2D eigenvalue weighted by atomic mass is 10.0. The average Bonchev–Trinajstić information content (AvgIpc) is 2.57. The molecule has 0 aliphatic carbocycles. The molecule has 1 nitrogen and oxygen atoms in total. The van der Waals surface area contributed by atoms with Crippen molar-refractivity contribution in [1.29, 1.82) is 0 Å². The fraction of sp³-hybridized carbons (Fsp3) is 0.143. The second kappa shape index (κ2) is 7.64. The number of para-hydroxylation sites is 1. The Labute approximate surface area is 151 Å². The number of hydrogen-bond acceptors (Lipinski definition) is 1. The monoisotopic (exact) mass is 413 g/mol. The molecule has 2 heteroatoms. The number of hydrogen-bond donors (Lipinski definition) is 1. The summed E-state index contributed by atoms with van der Waals surface area (Å²) in [6.07, 6.45) is 1.13. The van der Waals surface area contributed by atoms with Gasteiger partial charge in [-0.15, -0.1) is 0 Å². The summed E-state index contributed by atoms with van der Waals surface area (Å²) in [6, 6.07) is 25.8. The molecule has 3 aromatic carbocycles. The number of nitrogens with one attached hydrogen (secondary N) is 1. The third kappa shape index (κ3) is 4.14. The highest BCUT2D eigenvalue weighted by Gasteiger charge is 2.05. The fourth-order valence-electron chi connectivity index (χ4n) is 2.68. The molecule has 0 aromatic heterocycles. The number of rotatable bonds is 5. The zero-order chi connectivity index (χ0) is 16.1. The Kier molecular flexibility index (Phi) is 5.34. The van der Waals surface area contributed by atoms with E-state index < -0.39 is 0 Å². The van der Waals surface area contributed by atoms with Crippen LogP contribution >= 0.6 is 22.6 Å². The average molecular weight is 413 g/mol. The molecule has 0 aliphatic rings. The molecule has 23 heavy (non-hydrogen) atoms. The molecule has 0 saturated heterocycles. The number of aryl methyl sites for hydroxylation is 2. The summed E-state index contributed by atoms with van der Waals surface area (Å²) < 4.78 is 1.15. The molecule has 0 heterocycles. The normalized spacial score (nSPS) is 10.5. The van der Waals surface area contributed by atoms with E-state index in [1.54, 1.807) is 0 Å². The van der Waals surface area contributed by atoms with E-state index in [0.717, 1.165) is 22.2 Å². The van der Waals surface area contributed by atoms with Crippen LogP contribution in [-0.4, -0.2) is 4.43 Å². The second-order valence-corrected chi connectivity index (χ2v) is 6.75. The summed E-state index contributed by atoms with van der Waals surface area (Å²) >= 11 is 2.42. The Morgan fingerprint density at radius 2 is 1.65 bits per heavy atom. The van der Waals surface area contributed by atoms with Gasteiger partial charge in [0, 0.05) is 21.4 Å². The Bertz CT molecular complexity index is 778. The maximum atomic E-state index is 3.56. The van der Waals surface area contributed by atoms with Gasteiger partial charge in [0.25, 0.3) is 0 Å². The van der Waals surface area contributed by atoms with Crippen LogP contribution in [0.25, 0.3) is 11.1 Å². The molecule has 0 bridgehead atoms. The molecular weight excluding hydrogens is 393 g/mol. The second-order valence-electron chi connectivity index (χ2n) is 5.68. The highest BCUT2D eigenvalue weighted by Crippen LogP contribution is 2.30. The van der Waals surface area contributed by atoms with Gasteiger partial charge in [0.15, 0.2) is 0 Å². The third-order valence-electron chi connectivity index (χ3n) is 3.87. The highest BCUT2D eigenvalue weighted by molar-refractivity contribution is 14.1. The topological polar surface area (TPSA) is 12.0 Å². The minimum absolute atomic E-state index is 1.13. The minimum Gasteiger partial charge on any atom is -0.355 e. The first-order valence-corrected chi connectivity index (χ1v) is 9.37. The molecule has 116 valence electrons. The van der Waals surface area contributed by atoms with Crippen LogP contribution in [0.15, 0.2) is 72.8 Å². The minimum atomic E-state index is 1.13. The summed E-state index contributed by atoms with van der Waals surface area (Å²) in [7, 11) is 0. The van der Waals surface area contributed by atoms with Crippen LogP contribution in [0.5, 0.6) is 0 Å². The molecule has 0 saturated carbocycles. The van der Waals surface area contributed by atoms with Crippen LogP contribution in [0, 0.1) is 6.92 Å². The SMILES string of the molecule is Cc1cccc(-c2ccccc2Nc2ccc(CCI)cc2)c1. The van der Waals surface area contributed by atoms with Crippen molar-refractivity contribution in [2.45, 2.75) is 13.3 Å². The largest absolute Gasteiger partial charge is 0.355 e. The maximum Gasteiger partial charge on any atom is 0.0463 e. The molecule has 0 aliphatic heterocycles. The lowest BCUT2D eigenvalue weighted by Crippen LogP contribution is -1.94. The maximum absolute atomic E-state index is 3.56. The van der Waals surface area contributed by atoms with Gasteiger partial charge >= 0.3 is 0 Å². The summed E-state index contributed by atoms with van der Waals surface area (Å²) in [5.74, 6) is 0. The van der Waals surface area contributed by atoms with Gasteiger partial charge in [-0.1, -0.05) is 82.8 Å². The van der Waals surface area contributed by atoms with Crippen molar-refractivity contribution >= 4 is 34.0 Å². The molecular formula is C21H20IN. The van der Waals surface area contributed by atoms with E-state index in [2.05, 4.69) is 108 Å². The Balaban J connectivity index is 1.89. The van der Waals surface area contributed by atoms with Crippen molar-refractivity contribution < 1.29 is 0 Å². The predicted octanol–water partition coefficient (Wildman–Crippen LogP) is 6.38. The summed E-state index contributed by atoms with van der Waals surface area (Å²) in [5, 5.41) is 3.56. The first-order chi connectivity index (χ1) is 11.3. The van der Waals surface area contributed by atoms with Crippen LogP contribution in [0.1, 0.15) is 11.1 Å². The summed E-state index contributed by atoms with van der Waals surface area (Å²) in [4.78, 5) is 0. The molecule has 0 amide bonds. The lowest BCUT2D eigenvalue weighted by Gasteiger charge is -2.13. The van der Waals surface area contributed by atoms with E-state index in [0.29, 0.717) is 0 Å². The van der Waals surface area contributed by atoms with Crippen molar-refractivity contribution in [3.63, 3.8) is 0 Å². The van der Waals surface area contributed by atoms with Crippen LogP contribution in [0.4, 0.5) is 11.4 Å². The highest BCUT2D eigenvalue weighted by atomic mass is 127. The van der Waals surface area contributed by atoms with E-state index in [4.69, 9.17) is 0 Å². The van der Waals surface area contributed by atoms with Crippen LogP contribution in [-0.2, 0) is 6.42 Å². The standard InChI is InChI=1S/C21H20IN/c1-16-5-4-6-18(15-16)20-7-2-3-8-21(20)23-19-11-9-17(10-12-19)13-14-22/h2-12,15,23H,13-14H2,1H3. The van der Waals surface area contributed by atoms with Gasteiger partial charge in [-0.05, 0) is 42.7 Å². The van der Waals surface area contributed by atoms with Gasteiger partial charge in [-0.2, -0.15) is 0 Å². The zero-order valence-corrected chi connectivity index (χ0v) is 15.4. The van der Waals surface area contributed by atoms with Crippen LogP contribution in [0.2, 0.25) is 0 Å². The molecule has 0 spiro atoms. The predicted molar refractivity (Wildman–Crippen MR) is 109 cm³/mol. The van der Waals surface area contributed by atoms with Gasteiger partial charge in [0.1, 0.15) is 0 Å². The van der Waals surface area contributed by atoms with E-state index in [1.807, 2.05) is 0 Å². The first-order valence-electron chi connectivity index (χ1n) is 7.84. The fourth-order valence-corrected chi connectivity index (χ4v) is 3.30. The number of alkyl halides is 1. The first kappa shape index (κ1) is 16.1. The summed E-state index contributed by atoms with van der Waals surface area (Å²) in [5.41, 5.74) is 7.40. The van der Waals surface area contributed by atoms with Crippen molar-refractivity contribution in [2.75, 3.05) is 9.74 Å². The van der Waals surface area contributed by atoms with Crippen molar-refractivity contribution in [3.05, 3.63) is 83.9 Å². The quantitative estimate of drug-likeness (QED) is 0.378. The molecule has 0 unspecified atom stereocenters.